The number of nitriles is 1. The first-order valence-electron chi connectivity index (χ1n) is 11.4. The van der Waals surface area contributed by atoms with Gasteiger partial charge in [0.1, 0.15) is 12.0 Å². The molecule has 0 radical (unpaired) electrons. The first-order valence-corrected chi connectivity index (χ1v) is 11.4. The number of likely N-dealkylation sites (tertiary alicyclic amines) is 1. The predicted octanol–water partition coefficient (Wildman–Crippen LogP) is 4.33. The van der Waals surface area contributed by atoms with Gasteiger partial charge >= 0.3 is 0 Å². The molecule has 1 aliphatic rings. The van der Waals surface area contributed by atoms with Crippen LogP contribution in [0.1, 0.15) is 40.7 Å². The highest BCUT2D eigenvalue weighted by Crippen LogP contribution is 2.42. The van der Waals surface area contributed by atoms with Crippen LogP contribution >= 0.6 is 0 Å². The van der Waals surface area contributed by atoms with Crippen molar-refractivity contribution in [2.45, 2.75) is 24.9 Å². The lowest BCUT2D eigenvalue weighted by atomic mass is 9.72. The standard InChI is InChI=1S/C28H27N3O3/c29-18-15-26(32)30-25-13-11-21(12-14-25)27(33)31-19-16-24(17-20-31)28(34,22-7-3-1-4-8-22)23-9-5-2-6-10-23/h1-14,24,34H,15-17,19-20H2,(H,30,32). The van der Waals surface area contributed by atoms with Gasteiger partial charge in [-0.2, -0.15) is 5.26 Å². The largest absolute Gasteiger partial charge is 0.380 e. The van der Waals surface area contributed by atoms with Gasteiger partial charge in [0, 0.05) is 24.3 Å². The minimum atomic E-state index is -1.12. The molecule has 2 amide bonds. The third-order valence-electron chi connectivity index (χ3n) is 6.46. The number of anilines is 1. The summed E-state index contributed by atoms with van der Waals surface area (Å²) in [7, 11) is 0. The van der Waals surface area contributed by atoms with Gasteiger partial charge in [-0.15, -0.1) is 0 Å². The first-order chi connectivity index (χ1) is 16.5. The van der Waals surface area contributed by atoms with E-state index in [0.29, 0.717) is 37.2 Å². The fraction of sp³-hybridized carbons (Fsp3) is 0.250. The van der Waals surface area contributed by atoms with Crippen LogP contribution in [-0.2, 0) is 10.4 Å². The Hall–Kier alpha value is -3.95. The molecule has 6 heteroatoms. The summed E-state index contributed by atoms with van der Waals surface area (Å²) < 4.78 is 0. The Morgan fingerprint density at radius 3 is 1.94 bits per heavy atom. The number of aliphatic hydroxyl groups is 1. The van der Waals surface area contributed by atoms with Gasteiger partial charge in [0.2, 0.25) is 5.91 Å². The van der Waals surface area contributed by atoms with E-state index >= 15 is 0 Å². The molecule has 0 aliphatic carbocycles. The number of hydrogen-bond donors (Lipinski definition) is 2. The Bertz CT molecular complexity index is 1120. The zero-order valence-electron chi connectivity index (χ0n) is 18.9. The van der Waals surface area contributed by atoms with Gasteiger partial charge in [0.15, 0.2) is 0 Å². The van der Waals surface area contributed by atoms with Crippen molar-refractivity contribution in [1.82, 2.24) is 4.90 Å². The molecule has 1 fully saturated rings. The third kappa shape index (κ3) is 4.85. The number of hydrogen-bond acceptors (Lipinski definition) is 4. The molecule has 0 unspecified atom stereocenters. The second-order valence-electron chi connectivity index (χ2n) is 8.53. The van der Waals surface area contributed by atoms with Crippen molar-refractivity contribution >= 4 is 17.5 Å². The molecule has 0 spiro atoms. The minimum absolute atomic E-state index is 0.0286. The van der Waals surface area contributed by atoms with Crippen LogP contribution < -0.4 is 5.32 Å². The summed E-state index contributed by atoms with van der Waals surface area (Å²) in [5, 5.41) is 23.2. The average molecular weight is 454 g/mol. The van der Waals surface area contributed by atoms with Crippen LogP contribution in [0.2, 0.25) is 0 Å². The van der Waals surface area contributed by atoms with Gasteiger partial charge in [0.05, 0.1) is 6.07 Å². The lowest BCUT2D eigenvalue weighted by molar-refractivity contribution is -0.115. The highest BCUT2D eigenvalue weighted by atomic mass is 16.3. The van der Waals surface area contributed by atoms with Crippen molar-refractivity contribution in [1.29, 1.82) is 5.26 Å². The summed E-state index contributed by atoms with van der Waals surface area (Å²) in [5.41, 5.74) is 1.69. The molecular formula is C28H27N3O3. The van der Waals surface area contributed by atoms with Crippen molar-refractivity contribution in [3.05, 3.63) is 102 Å². The van der Waals surface area contributed by atoms with Crippen LogP contribution in [0.4, 0.5) is 5.69 Å². The van der Waals surface area contributed by atoms with Crippen LogP contribution in [0, 0.1) is 17.2 Å². The van der Waals surface area contributed by atoms with Crippen LogP contribution in [-0.4, -0.2) is 34.9 Å². The number of nitrogens with one attached hydrogen (secondary N) is 1. The smallest absolute Gasteiger partial charge is 0.253 e. The van der Waals surface area contributed by atoms with Crippen LogP contribution in [0.15, 0.2) is 84.9 Å². The molecule has 4 rings (SSSR count). The molecule has 0 aromatic heterocycles. The monoisotopic (exact) mass is 453 g/mol. The zero-order valence-corrected chi connectivity index (χ0v) is 18.9. The number of amides is 2. The van der Waals surface area contributed by atoms with E-state index in [1.54, 1.807) is 30.3 Å². The summed E-state index contributed by atoms with van der Waals surface area (Å²) in [6, 6.07) is 28.0. The lowest BCUT2D eigenvalue weighted by Gasteiger charge is -2.42. The zero-order chi connectivity index (χ0) is 24.0. The average Bonchev–Trinajstić information content (AvgIpc) is 2.89. The molecule has 34 heavy (non-hydrogen) atoms. The lowest BCUT2D eigenvalue weighted by Crippen LogP contribution is -2.46. The predicted molar refractivity (Wildman–Crippen MR) is 130 cm³/mol. The van der Waals surface area contributed by atoms with Gasteiger partial charge in [-0.25, -0.2) is 0 Å². The van der Waals surface area contributed by atoms with E-state index in [1.807, 2.05) is 65.6 Å². The second-order valence-corrected chi connectivity index (χ2v) is 8.53. The van der Waals surface area contributed by atoms with E-state index in [1.165, 1.54) is 0 Å². The highest BCUT2D eigenvalue weighted by molar-refractivity contribution is 5.96. The van der Waals surface area contributed by atoms with Gasteiger partial charge in [0.25, 0.3) is 5.91 Å². The molecule has 172 valence electrons. The van der Waals surface area contributed by atoms with Gasteiger partial charge in [-0.05, 0) is 54.2 Å². The third-order valence-corrected chi connectivity index (χ3v) is 6.46. The molecule has 1 heterocycles. The SMILES string of the molecule is N#CCC(=O)Nc1ccc(C(=O)N2CCC(C(O)(c3ccccc3)c3ccccc3)CC2)cc1. The van der Waals surface area contributed by atoms with Crippen molar-refractivity contribution < 1.29 is 14.7 Å². The number of carbonyl (C=O) groups excluding carboxylic acids is 2. The van der Waals surface area contributed by atoms with E-state index in [0.717, 1.165) is 11.1 Å². The summed E-state index contributed by atoms with van der Waals surface area (Å²) in [6.45, 7) is 1.10. The minimum Gasteiger partial charge on any atom is -0.380 e. The molecular weight excluding hydrogens is 426 g/mol. The van der Waals surface area contributed by atoms with E-state index < -0.39 is 5.60 Å². The van der Waals surface area contributed by atoms with Crippen molar-refractivity contribution in [3.63, 3.8) is 0 Å². The van der Waals surface area contributed by atoms with Crippen LogP contribution in [0.25, 0.3) is 0 Å². The highest BCUT2D eigenvalue weighted by Gasteiger charge is 2.42. The Morgan fingerprint density at radius 1 is 0.912 bits per heavy atom. The van der Waals surface area contributed by atoms with E-state index in [2.05, 4.69) is 5.32 Å². The topological polar surface area (TPSA) is 93.4 Å². The molecule has 3 aromatic carbocycles. The fourth-order valence-electron chi connectivity index (χ4n) is 4.68. The summed E-state index contributed by atoms with van der Waals surface area (Å²) in [5.74, 6) is -0.483. The number of benzene rings is 3. The Kier molecular flexibility index (Phi) is 7.05. The number of piperidine rings is 1. The van der Waals surface area contributed by atoms with Crippen LogP contribution in [0.5, 0.6) is 0 Å². The molecule has 1 saturated heterocycles. The van der Waals surface area contributed by atoms with E-state index in [4.69, 9.17) is 5.26 Å². The number of carbonyl (C=O) groups is 2. The molecule has 3 aromatic rings. The Morgan fingerprint density at radius 2 is 1.44 bits per heavy atom. The normalized spacial score (nSPS) is 14.3. The van der Waals surface area contributed by atoms with E-state index in [-0.39, 0.29) is 24.2 Å². The van der Waals surface area contributed by atoms with Gasteiger partial charge in [-0.1, -0.05) is 60.7 Å². The van der Waals surface area contributed by atoms with Crippen molar-refractivity contribution in [3.8, 4) is 6.07 Å². The molecule has 0 saturated carbocycles. The molecule has 6 nitrogen and oxygen atoms in total. The Balaban J connectivity index is 1.46. The number of nitrogens with zero attached hydrogens (tertiary/aromatic N) is 2. The quantitative estimate of drug-likeness (QED) is 0.581. The maximum absolute atomic E-state index is 13.1. The molecule has 2 N–H and O–H groups in total. The maximum atomic E-state index is 13.1. The maximum Gasteiger partial charge on any atom is 0.253 e. The summed E-state index contributed by atoms with van der Waals surface area (Å²) in [4.78, 5) is 26.4. The number of rotatable bonds is 6. The fourth-order valence-corrected chi connectivity index (χ4v) is 4.68. The van der Waals surface area contributed by atoms with Gasteiger partial charge in [-0.3, -0.25) is 9.59 Å². The van der Waals surface area contributed by atoms with E-state index in [9.17, 15) is 14.7 Å². The Labute approximate surface area is 199 Å². The molecule has 0 atom stereocenters. The summed E-state index contributed by atoms with van der Waals surface area (Å²) >= 11 is 0. The van der Waals surface area contributed by atoms with Crippen molar-refractivity contribution in [2.75, 3.05) is 18.4 Å². The van der Waals surface area contributed by atoms with Gasteiger partial charge < -0.3 is 15.3 Å². The molecule has 1 aliphatic heterocycles. The first kappa shape index (κ1) is 23.2. The van der Waals surface area contributed by atoms with Crippen molar-refractivity contribution in [2.24, 2.45) is 5.92 Å². The molecule has 0 bridgehead atoms. The summed E-state index contributed by atoms with van der Waals surface area (Å²) in [6.07, 6.45) is 1.14. The second kappa shape index (κ2) is 10.3. The van der Waals surface area contributed by atoms with Crippen LogP contribution in [0.3, 0.4) is 0 Å².